The SMILES string of the molecule is CO[C@H]1O[C@H](CO)[C@@H](OC(=O)Nc2ccc(Br)cc2)[C@H](OC(=O)Nc2ccc3c(c2)OCO3)[C@@H]1OC(=O)Nc1ccc2c(c1)OCO2. The number of carbonyl (C=O) groups is 3. The average Bonchev–Trinajstić information content (AvgIpc) is 3.73. The predicted octanol–water partition coefficient (Wildman–Crippen LogP) is 4.42. The molecule has 0 unspecified atom stereocenters. The maximum Gasteiger partial charge on any atom is 0.412 e. The van der Waals surface area contributed by atoms with Crippen molar-refractivity contribution in [3.8, 4) is 23.0 Å². The van der Waals surface area contributed by atoms with Crippen molar-refractivity contribution >= 4 is 51.3 Å². The van der Waals surface area contributed by atoms with Crippen molar-refractivity contribution in [2.45, 2.75) is 30.7 Å². The minimum absolute atomic E-state index is 0.0287. The second-order valence-electron chi connectivity index (χ2n) is 10.1. The minimum Gasteiger partial charge on any atom is -0.454 e. The molecule has 3 aliphatic heterocycles. The van der Waals surface area contributed by atoms with Crippen molar-refractivity contribution in [2.75, 3.05) is 43.3 Å². The molecule has 3 amide bonds. The van der Waals surface area contributed by atoms with Gasteiger partial charge in [0, 0.05) is 40.8 Å². The van der Waals surface area contributed by atoms with E-state index in [0.717, 1.165) is 4.47 Å². The Morgan fingerprint density at radius 3 is 1.70 bits per heavy atom. The molecule has 0 bridgehead atoms. The van der Waals surface area contributed by atoms with E-state index in [9.17, 15) is 19.5 Å². The highest BCUT2D eigenvalue weighted by molar-refractivity contribution is 9.10. The molecule has 16 nitrogen and oxygen atoms in total. The number of ether oxygens (including phenoxy) is 9. The van der Waals surface area contributed by atoms with Gasteiger partial charge >= 0.3 is 18.3 Å². The Bertz CT molecular complexity index is 1630. The Balaban J connectivity index is 1.24. The number of hydrogen-bond acceptors (Lipinski definition) is 13. The van der Waals surface area contributed by atoms with Crippen LogP contribution in [0.2, 0.25) is 0 Å². The van der Waals surface area contributed by atoms with Crippen LogP contribution in [0.15, 0.2) is 65.1 Å². The number of fused-ring (bicyclic) bond motifs is 2. The van der Waals surface area contributed by atoms with E-state index >= 15 is 0 Å². The molecule has 3 aliphatic rings. The number of methoxy groups -OCH3 is 1. The van der Waals surface area contributed by atoms with Crippen LogP contribution in [-0.2, 0) is 23.7 Å². The van der Waals surface area contributed by atoms with E-state index in [4.69, 9.17) is 42.6 Å². The number of nitrogens with one attached hydrogen (secondary N) is 3. The molecule has 17 heteroatoms. The van der Waals surface area contributed by atoms with Gasteiger partial charge < -0.3 is 47.7 Å². The van der Waals surface area contributed by atoms with Crippen molar-refractivity contribution < 1.29 is 62.1 Å². The first-order valence-corrected chi connectivity index (χ1v) is 14.9. The van der Waals surface area contributed by atoms with Crippen molar-refractivity contribution in [3.63, 3.8) is 0 Å². The highest BCUT2D eigenvalue weighted by Crippen LogP contribution is 2.36. The first-order chi connectivity index (χ1) is 22.8. The Kier molecular flexibility index (Phi) is 9.67. The van der Waals surface area contributed by atoms with Gasteiger partial charge in [-0.3, -0.25) is 16.0 Å². The van der Waals surface area contributed by atoms with E-state index in [2.05, 4.69) is 31.9 Å². The van der Waals surface area contributed by atoms with Crippen LogP contribution in [0.1, 0.15) is 0 Å². The number of benzene rings is 3. The summed E-state index contributed by atoms with van der Waals surface area (Å²) in [6, 6.07) is 16.0. The Labute approximate surface area is 275 Å². The fourth-order valence-corrected chi connectivity index (χ4v) is 5.18. The number of aliphatic hydroxyl groups is 1. The first kappa shape index (κ1) is 32.0. The van der Waals surface area contributed by atoms with Crippen molar-refractivity contribution in [3.05, 3.63) is 65.1 Å². The van der Waals surface area contributed by atoms with Crippen LogP contribution in [0.25, 0.3) is 0 Å². The molecular formula is C30H28BrN3O13. The summed E-state index contributed by atoms with van der Waals surface area (Å²) in [6.45, 7) is -0.620. The van der Waals surface area contributed by atoms with Crippen LogP contribution < -0.4 is 34.9 Å². The number of amides is 3. The van der Waals surface area contributed by atoms with E-state index < -0.39 is 55.6 Å². The van der Waals surface area contributed by atoms with Crippen molar-refractivity contribution in [1.29, 1.82) is 0 Å². The molecule has 0 radical (unpaired) electrons. The lowest BCUT2D eigenvalue weighted by Gasteiger charge is -2.43. The first-order valence-electron chi connectivity index (χ1n) is 14.1. The number of carbonyl (C=O) groups excluding carboxylic acids is 3. The molecule has 3 aromatic carbocycles. The number of halogens is 1. The lowest BCUT2D eigenvalue weighted by molar-refractivity contribution is -0.290. The van der Waals surface area contributed by atoms with Crippen LogP contribution in [0.5, 0.6) is 23.0 Å². The van der Waals surface area contributed by atoms with Crippen LogP contribution >= 0.6 is 15.9 Å². The smallest absolute Gasteiger partial charge is 0.412 e. The van der Waals surface area contributed by atoms with E-state index in [0.29, 0.717) is 34.4 Å². The number of aliphatic hydroxyl groups excluding tert-OH is 1. The summed E-state index contributed by atoms with van der Waals surface area (Å²) >= 11 is 3.32. The average molecular weight is 718 g/mol. The van der Waals surface area contributed by atoms with Crippen molar-refractivity contribution in [2.24, 2.45) is 0 Å². The molecule has 5 atom stereocenters. The maximum absolute atomic E-state index is 13.3. The zero-order valence-electron chi connectivity index (χ0n) is 24.5. The van der Waals surface area contributed by atoms with Gasteiger partial charge in [0.25, 0.3) is 0 Å². The summed E-state index contributed by atoms with van der Waals surface area (Å²) in [5.74, 6) is 1.81. The molecule has 0 saturated carbocycles. The van der Waals surface area contributed by atoms with Crippen LogP contribution in [0, 0.1) is 0 Å². The third-order valence-corrected chi connectivity index (χ3v) is 7.59. The quantitative estimate of drug-likeness (QED) is 0.240. The molecule has 6 rings (SSSR count). The Morgan fingerprint density at radius 2 is 1.17 bits per heavy atom. The standard InChI is InChI=1S/C30H28BrN3O13/c1-39-27-26(47-30(38)34-18-7-9-20-22(11-18)43-14-41-20)25(46-29(37)33-17-6-8-19-21(10-17)42-13-40-19)24(23(12-35)44-27)45-28(36)32-16-4-2-15(31)3-5-16/h2-11,23-27,35H,12-14H2,1H3,(H,32,36)(H,33,37)(H,34,38)/t23-,24-,25+,26+,27+/m1/s1. The lowest BCUT2D eigenvalue weighted by Crippen LogP contribution is -2.63. The minimum atomic E-state index is -1.56. The molecule has 0 spiro atoms. The highest BCUT2D eigenvalue weighted by atomic mass is 79.9. The normalized spacial score (nSPS) is 22.1. The number of anilines is 3. The second kappa shape index (κ2) is 14.2. The van der Waals surface area contributed by atoms with Crippen molar-refractivity contribution in [1.82, 2.24) is 0 Å². The van der Waals surface area contributed by atoms with Gasteiger partial charge in [-0.2, -0.15) is 0 Å². The van der Waals surface area contributed by atoms with Gasteiger partial charge in [-0.15, -0.1) is 0 Å². The van der Waals surface area contributed by atoms with Gasteiger partial charge in [0.15, 0.2) is 47.6 Å². The fourth-order valence-electron chi connectivity index (χ4n) is 4.91. The summed E-state index contributed by atoms with van der Waals surface area (Å²) in [5, 5.41) is 17.9. The third kappa shape index (κ3) is 7.54. The summed E-state index contributed by atoms with van der Waals surface area (Å²) in [7, 11) is 1.26. The number of rotatable bonds is 8. The molecule has 3 aromatic rings. The van der Waals surface area contributed by atoms with Gasteiger partial charge in [0.2, 0.25) is 13.6 Å². The monoisotopic (exact) mass is 717 g/mol. The number of hydrogen-bond donors (Lipinski definition) is 4. The molecular weight excluding hydrogens is 690 g/mol. The largest absolute Gasteiger partial charge is 0.454 e. The van der Waals surface area contributed by atoms with Gasteiger partial charge in [-0.1, -0.05) is 15.9 Å². The molecule has 0 aliphatic carbocycles. The van der Waals surface area contributed by atoms with Crippen LogP contribution in [0.3, 0.4) is 0 Å². The van der Waals surface area contributed by atoms with E-state index in [1.165, 1.54) is 19.2 Å². The van der Waals surface area contributed by atoms with E-state index in [1.54, 1.807) is 48.5 Å². The Hall–Kier alpha value is -4.97. The summed E-state index contributed by atoms with van der Waals surface area (Å²) in [5.41, 5.74) is 0.980. The topological polar surface area (TPSA) is 191 Å². The maximum atomic E-state index is 13.3. The van der Waals surface area contributed by atoms with Crippen LogP contribution in [-0.4, -0.2) is 81.4 Å². The third-order valence-electron chi connectivity index (χ3n) is 7.06. The second-order valence-corrected chi connectivity index (χ2v) is 11.0. The highest BCUT2D eigenvalue weighted by Gasteiger charge is 2.53. The van der Waals surface area contributed by atoms with Gasteiger partial charge in [0.1, 0.15) is 6.10 Å². The van der Waals surface area contributed by atoms with E-state index in [-0.39, 0.29) is 19.3 Å². The zero-order chi connectivity index (χ0) is 32.9. The molecule has 248 valence electrons. The molecule has 1 saturated heterocycles. The Morgan fingerprint density at radius 1 is 0.702 bits per heavy atom. The lowest BCUT2D eigenvalue weighted by atomic mass is 9.98. The molecule has 1 fully saturated rings. The van der Waals surface area contributed by atoms with E-state index in [1.807, 2.05) is 0 Å². The predicted molar refractivity (Wildman–Crippen MR) is 164 cm³/mol. The summed E-state index contributed by atoms with van der Waals surface area (Å²) in [6.07, 6.45) is -10.2. The molecule has 3 heterocycles. The fraction of sp³-hybridized carbons (Fsp3) is 0.300. The van der Waals surface area contributed by atoms with Gasteiger partial charge in [-0.25, -0.2) is 14.4 Å². The van der Waals surface area contributed by atoms with Crippen LogP contribution in [0.4, 0.5) is 31.4 Å². The summed E-state index contributed by atoms with van der Waals surface area (Å²) in [4.78, 5) is 39.4. The molecule has 0 aromatic heterocycles. The van der Waals surface area contributed by atoms with Gasteiger partial charge in [0.05, 0.1) is 6.61 Å². The zero-order valence-corrected chi connectivity index (χ0v) is 26.1. The molecule has 47 heavy (non-hydrogen) atoms. The van der Waals surface area contributed by atoms with Gasteiger partial charge in [-0.05, 0) is 48.5 Å². The molecule has 4 N–H and O–H groups in total. The summed E-state index contributed by atoms with van der Waals surface area (Å²) < 4.78 is 50.3.